The van der Waals surface area contributed by atoms with Crippen molar-refractivity contribution in [1.29, 1.82) is 0 Å². The maximum absolute atomic E-state index is 16.7. The van der Waals surface area contributed by atoms with Crippen LogP contribution in [-0.4, -0.2) is 81.5 Å². The van der Waals surface area contributed by atoms with Crippen LogP contribution in [0, 0.1) is 5.82 Å². The zero-order chi connectivity index (χ0) is 28.6. The first-order valence-corrected chi connectivity index (χ1v) is 15.7. The lowest BCUT2D eigenvalue weighted by atomic mass is 9.77. The maximum Gasteiger partial charge on any atom is 0.319 e. The number of phenols is 1. The number of anilines is 1. The van der Waals surface area contributed by atoms with Crippen molar-refractivity contribution in [1.82, 2.24) is 25.2 Å². The third-order valence-corrected chi connectivity index (χ3v) is 10.7. The van der Waals surface area contributed by atoms with Gasteiger partial charge in [0.1, 0.15) is 35.6 Å². The molecule has 42 heavy (non-hydrogen) atoms. The summed E-state index contributed by atoms with van der Waals surface area (Å²) in [6, 6.07) is 3.73. The van der Waals surface area contributed by atoms with Crippen LogP contribution in [0.15, 0.2) is 18.3 Å². The van der Waals surface area contributed by atoms with E-state index in [-0.39, 0.29) is 47.1 Å². The van der Waals surface area contributed by atoms with Gasteiger partial charge in [-0.15, -0.1) is 0 Å². The fraction of sp³-hybridized carbons (Fsp3) is 0.581. The molecule has 2 N–H and O–H groups in total. The number of alkyl halides is 1. The molecule has 5 saturated heterocycles. The van der Waals surface area contributed by atoms with Crippen LogP contribution in [-0.2, 0) is 0 Å². The Labute approximate surface area is 248 Å². The molecular weight excluding hydrogens is 562 g/mol. The minimum Gasteiger partial charge on any atom is -0.508 e. The monoisotopic (exact) mass is 596 g/mol. The molecule has 1 aliphatic carbocycles. The second kappa shape index (κ2) is 10.1. The number of nitrogens with zero attached hydrogens (tertiary/aromatic N) is 5. The van der Waals surface area contributed by atoms with Gasteiger partial charge in [-0.25, -0.2) is 8.78 Å². The second-order valence-electron chi connectivity index (χ2n) is 12.9. The Morgan fingerprint density at radius 1 is 1.14 bits per heavy atom. The summed E-state index contributed by atoms with van der Waals surface area (Å²) in [4.78, 5) is 18.5. The smallest absolute Gasteiger partial charge is 0.319 e. The van der Waals surface area contributed by atoms with E-state index in [0.717, 1.165) is 70.1 Å². The van der Waals surface area contributed by atoms with Gasteiger partial charge in [-0.1, -0.05) is 18.0 Å². The fourth-order valence-corrected chi connectivity index (χ4v) is 8.39. The number of ether oxygens (including phenoxy) is 1. The molecule has 2 bridgehead atoms. The van der Waals surface area contributed by atoms with Crippen LogP contribution in [0.4, 0.5) is 14.6 Å². The van der Waals surface area contributed by atoms with Gasteiger partial charge in [0, 0.05) is 54.9 Å². The SMILES string of the molecule is Oc1cc(Cl)c(C2CCC2)c(-c2ncc3c(N4CC5CCC4CN5)nc(OC[C@@]45CCCN4C[C@H](F)C5)nc3c2F)c1. The van der Waals surface area contributed by atoms with Gasteiger partial charge in [-0.2, -0.15) is 9.97 Å². The van der Waals surface area contributed by atoms with Gasteiger partial charge in [-0.05, 0) is 68.7 Å². The summed E-state index contributed by atoms with van der Waals surface area (Å²) < 4.78 is 37.4. The van der Waals surface area contributed by atoms with E-state index >= 15 is 4.39 Å². The van der Waals surface area contributed by atoms with Gasteiger partial charge in [0.05, 0.1) is 10.9 Å². The average Bonchev–Trinajstić information content (AvgIpc) is 3.48. The molecule has 2 aromatic heterocycles. The van der Waals surface area contributed by atoms with E-state index in [9.17, 15) is 9.50 Å². The molecule has 9 rings (SSSR count). The van der Waals surface area contributed by atoms with E-state index in [4.69, 9.17) is 21.3 Å². The molecule has 6 fully saturated rings. The molecule has 8 nitrogen and oxygen atoms in total. The van der Waals surface area contributed by atoms with Gasteiger partial charge in [-0.3, -0.25) is 9.88 Å². The molecule has 7 heterocycles. The van der Waals surface area contributed by atoms with Gasteiger partial charge in [0.25, 0.3) is 0 Å². The van der Waals surface area contributed by atoms with Crippen LogP contribution in [0.1, 0.15) is 62.8 Å². The number of halogens is 3. The number of piperazine rings is 1. The van der Waals surface area contributed by atoms with Crippen molar-refractivity contribution in [2.45, 2.75) is 81.1 Å². The molecular formula is C31H35ClF2N6O2. The van der Waals surface area contributed by atoms with Crippen molar-refractivity contribution in [2.75, 3.05) is 37.7 Å². The predicted octanol–water partition coefficient (Wildman–Crippen LogP) is 5.35. The standard InChI is InChI=1S/C31H35ClF2N6O2/c32-24-10-21(41)9-22(25(24)17-3-1-4-17)27-26(34)28-23(13-36-27)29(40-15-19-5-6-20(40)12-35-19)38-30(37-28)42-16-31-7-2-8-39(31)14-18(33)11-31/h9-10,13,17-20,35,41H,1-8,11-12,14-16H2/t18-,19?,20?,31+/m1/s1. The highest BCUT2D eigenvalue weighted by atomic mass is 35.5. The van der Waals surface area contributed by atoms with E-state index in [1.165, 1.54) is 6.07 Å². The number of phenolic OH excluding ortho intramolecular Hbond substituents is 1. The van der Waals surface area contributed by atoms with Gasteiger partial charge in [0.15, 0.2) is 5.82 Å². The molecule has 0 spiro atoms. The third kappa shape index (κ3) is 4.32. The van der Waals surface area contributed by atoms with Crippen molar-refractivity contribution >= 4 is 28.3 Å². The van der Waals surface area contributed by atoms with Crippen molar-refractivity contribution in [2.24, 2.45) is 0 Å². The number of piperidine rings is 2. The molecule has 11 heteroatoms. The topological polar surface area (TPSA) is 86.6 Å². The van der Waals surface area contributed by atoms with E-state index in [0.29, 0.717) is 40.8 Å². The number of hydrogen-bond donors (Lipinski definition) is 2. The highest BCUT2D eigenvalue weighted by Crippen LogP contribution is 2.47. The summed E-state index contributed by atoms with van der Waals surface area (Å²) in [5.74, 6) is 0.189. The lowest BCUT2D eigenvalue weighted by Crippen LogP contribution is -2.61. The number of aromatic hydroxyl groups is 1. The van der Waals surface area contributed by atoms with E-state index in [1.807, 2.05) is 0 Å². The molecule has 1 saturated carbocycles. The van der Waals surface area contributed by atoms with Crippen molar-refractivity contribution in [3.05, 3.63) is 34.7 Å². The molecule has 6 aliphatic rings. The van der Waals surface area contributed by atoms with Crippen LogP contribution in [0.25, 0.3) is 22.2 Å². The highest BCUT2D eigenvalue weighted by Gasteiger charge is 2.49. The molecule has 3 aromatic rings. The summed E-state index contributed by atoms with van der Waals surface area (Å²) in [7, 11) is 0. The normalized spacial score (nSPS) is 29.3. The average molecular weight is 597 g/mol. The number of aromatic nitrogens is 3. The number of fused-ring (bicyclic) bond motifs is 5. The summed E-state index contributed by atoms with van der Waals surface area (Å²) in [5, 5.41) is 14.9. The Hall–Kier alpha value is -2.82. The predicted molar refractivity (Wildman–Crippen MR) is 157 cm³/mol. The summed E-state index contributed by atoms with van der Waals surface area (Å²) in [5.41, 5.74) is 1.18. The molecule has 0 amide bonds. The molecule has 5 aliphatic heterocycles. The lowest BCUT2D eigenvalue weighted by Gasteiger charge is -2.46. The van der Waals surface area contributed by atoms with Crippen LogP contribution >= 0.6 is 11.6 Å². The van der Waals surface area contributed by atoms with Crippen LogP contribution in [0.2, 0.25) is 5.02 Å². The van der Waals surface area contributed by atoms with Gasteiger partial charge >= 0.3 is 6.01 Å². The lowest BCUT2D eigenvalue weighted by molar-refractivity contribution is 0.107. The zero-order valence-electron chi connectivity index (χ0n) is 23.5. The third-order valence-electron chi connectivity index (χ3n) is 10.4. The Balaban J connectivity index is 1.24. The Bertz CT molecular complexity index is 1550. The van der Waals surface area contributed by atoms with Gasteiger partial charge < -0.3 is 20.1 Å². The maximum atomic E-state index is 16.7. The first-order valence-electron chi connectivity index (χ1n) is 15.3. The number of benzene rings is 1. The Morgan fingerprint density at radius 2 is 2.02 bits per heavy atom. The zero-order valence-corrected chi connectivity index (χ0v) is 24.2. The van der Waals surface area contributed by atoms with Crippen LogP contribution < -0.4 is 15.0 Å². The molecule has 4 atom stereocenters. The van der Waals surface area contributed by atoms with Crippen molar-refractivity contribution in [3.8, 4) is 23.0 Å². The van der Waals surface area contributed by atoms with Crippen molar-refractivity contribution < 1.29 is 18.6 Å². The van der Waals surface area contributed by atoms with E-state index in [1.54, 1.807) is 12.3 Å². The number of nitrogens with one attached hydrogen (secondary N) is 1. The highest BCUT2D eigenvalue weighted by molar-refractivity contribution is 6.32. The quantitative estimate of drug-likeness (QED) is 0.394. The molecule has 2 unspecified atom stereocenters. The van der Waals surface area contributed by atoms with E-state index < -0.39 is 12.0 Å². The van der Waals surface area contributed by atoms with E-state index in [2.05, 4.69) is 25.1 Å². The second-order valence-corrected chi connectivity index (χ2v) is 13.3. The number of pyridine rings is 1. The summed E-state index contributed by atoms with van der Waals surface area (Å²) in [6.45, 7) is 3.14. The molecule has 222 valence electrons. The Kier molecular flexibility index (Phi) is 6.46. The summed E-state index contributed by atoms with van der Waals surface area (Å²) in [6.07, 6.45) is 8.19. The Morgan fingerprint density at radius 3 is 2.76 bits per heavy atom. The molecule has 0 radical (unpaired) electrons. The van der Waals surface area contributed by atoms with Crippen LogP contribution in [0.5, 0.6) is 11.8 Å². The molecule has 1 aromatic carbocycles. The van der Waals surface area contributed by atoms with Gasteiger partial charge in [0.2, 0.25) is 0 Å². The first kappa shape index (κ1) is 26.8. The minimum absolute atomic E-state index is 0.0354. The largest absolute Gasteiger partial charge is 0.508 e. The van der Waals surface area contributed by atoms with Crippen molar-refractivity contribution in [3.63, 3.8) is 0 Å². The number of hydrogen-bond acceptors (Lipinski definition) is 8. The first-order chi connectivity index (χ1) is 20.4. The number of rotatable bonds is 6. The fourth-order valence-electron chi connectivity index (χ4n) is 8.02. The minimum atomic E-state index is -0.872. The van der Waals surface area contributed by atoms with Crippen LogP contribution in [0.3, 0.4) is 0 Å². The summed E-state index contributed by atoms with van der Waals surface area (Å²) >= 11 is 6.61.